The van der Waals surface area contributed by atoms with Gasteiger partial charge in [0.15, 0.2) is 5.78 Å². The Morgan fingerprint density at radius 2 is 2.62 bits per heavy atom. The molecule has 2 rings (SSSR count). The van der Waals surface area contributed by atoms with Gasteiger partial charge >= 0.3 is 0 Å². The van der Waals surface area contributed by atoms with Gasteiger partial charge in [-0.2, -0.15) is 5.10 Å². The van der Waals surface area contributed by atoms with Crippen LogP contribution in [0.5, 0.6) is 0 Å². The van der Waals surface area contributed by atoms with Crippen molar-refractivity contribution in [1.29, 1.82) is 0 Å². The van der Waals surface area contributed by atoms with Crippen LogP contribution in [0.4, 0.5) is 0 Å². The van der Waals surface area contributed by atoms with E-state index in [4.69, 9.17) is 0 Å². The first-order valence-electron chi connectivity index (χ1n) is 4.53. The lowest BCUT2D eigenvalue weighted by Crippen LogP contribution is -2.13. The lowest BCUT2D eigenvalue weighted by molar-refractivity contribution is 0.101. The zero-order valence-electron chi connectivity index (χ0n) is 7.66. The summed E-state index contributed by atoms with van der Waals surface area (Å²) in [4.78, 5) is 11.0. The second-order valence-electron chi connectivity index (χ2n) is 3.41. The molecule has 1 aromatic rings. The highest BCUT2D eigenvalue weighted by atomic mass is 16.1. The van der Waals surface area contributed by atoms with E-state index < -0.39 is 0 Å². The van der Waals surface area contributed by atoms with Gasteiger partial charge in [0, 0.05) is 12.7 Å². The first-order chi connectivity index (χ1) is 6.27. The van der Waals surface area contributed by atoms with Crippen LogP contribution in [0.15, 0.2) is 12.4 Å². The van der Waals surface area contributed by atoms with Crippen LogP contribution in [0, 0.1) is 0 Å². The normalized spacial score (nSPS) is 22.1. The van der Waals surface area contributed by atoms with Crippen LogP contribution in [0.25, 0.3) is 0 Å². The molecular weight excluding hydrogens is 166 g/mol. The fourth-order valence-electron chi connectivity index (χ4n) is 1.58. The number of rotatable bonds is 2. The van der Waals surface area contributed by atoms with Gasteiger partial charge in [0.2, 0.25) is 0 Å². The molecule has 0 bridgehead atoms. The van der Waals surface area contributed by atoms with Crippen LogP contribution >= 0.6 is 0 Å². The second kappa shape index (κ2) is 3.30. The van der Waals surface area contributed by atoms with Gasteiger partial charge in [-0.1, -0.05) is 0 Å². The first-order valence-corrected chi connectivity index (χ1v) is 4.53. The molecule has 70 valence electrons. The molecule has 0 aromatic carbocycles. The van der Waals surface area contributed by atoms with E-state index in [0.717, 1.165) is 19.5 Å². The molecule has 1 fully saturated rings. The van der Waals surface area contributed by atoms with Gasteiger partial charge in [0.05, 0.1) is 17.8 Å². The maximum atomic E-state index is 11.0. The Hall–Kier alpha value is -1.16. The highest BCUT2D eigenvalue weighted by Gasteiger charge is 2.17. The van der Waals surface area contributed by atoms with Crippen molar-refractivity contribution in [2.75, 3.05) is 13.1 Å². The molecular formula is C9H13N3O. The Labute approximate surface area is 76.9 Å². The number of hydrogen-bond donors (Lipinski definition) is 1. The molecule has 0 spiro atoms. The summed E-state index contributed by atoms with van der Waals surface area (Å²) in [6, 6.07) is 0.424. The standard InChI is InChI=1S/C9H13N3O/c1-7(13)8-4-11-12(6-8)9-2-3-10-5-9/h4,6,9-10H,2-3,5H2,1H3. The van der Waals surface area contributed by atoms with Gasteiger partial charge in [-0.15, -0.1) is 0 Å². The Balaban J connectivity index is 2.16. The molecule has 0 saturated carbocycles. The van der Waals surface area contributed by atoms with Crippen LogP contribution < -0.4 is 5.32 Å². The number of nitrogens with zero attached hydrogens (tertiary/aromatic N) is 2. The van der Waals surface area contributed by atoms with Gasteiger partial charge in [-0.3, -0.25) is 9.48 Å². The van der Waals surface area contributed by atoms with Crippen molar-refractivity contribution in [1.82, 2.24) is 15.1 Å². The summed E-state index contributed by atoms with van der Waals surface area (Å²) < 4.78 is 1.89. The van der Waals surface area contributed by atoms with E-state index >= 15 is 0 Å². The quantitative estimate of drug-likeness (QED) is 0.677. The largest absolute Gasteiger partial charge is 0.315 e. The zero-order valence-corrected chi connectivity index (χ0v) is 7.66. The number of hydrogen-bond acceptors (Lipinski definition) is 3. The highest BCUT2D eigenvalue weighted by molar-refractivity contribution is 5.93. The third-order valence-electron chi connectivity index (χ3n) is 2.42. The minimum absolute atomic E-state index is 0.0807. The lowest BCUT2D eigenvalue weighted by atomic mass is 10.2. The van der Waals surface area contributed by atoms with E-state index in [0.29, 0.717) is 11.6 Å². The van der Waals surface area contributed by atoms with E-state index in [1.54, 1.807) is 13.1 Å². The number of aromatic nitrogens is 2. The molecule has 0 amide bonds. The minimum Gasteiger partial charge on any atom is -0.315 e. The third-order valence-corrected chi connectivity index (χ3v) is 2.42. The molecule has 1 N–H and O–H groups in total. The van der Waals surface area contributed by atoms with Crippen molar-refractivity contribution in [2.45, 2.75) is 19.4 Å². The molecule has 4 nitrogen and oxygen atoms in total. The molecule has 1 unspecified atom stereocenters. The summed E-state index contributed by atoms with van der Waals surface area (Å²) in [6.45, 7) is 3.56. The fraction of sp³-hybridized carbons (Fsp3) is 0.556. The van der Waals surface area contributed by atoms with Crippen molar-refractivity contribution < 1.29 is 4.79 Å². The second-order valence-corrected chi connectivity index (χ2v) is 3.41. The predicted molar refractivity (Wildman–Crippen MR) is 48.8 cm³/mol. The van der Waals surface area contributed by atoms with Crippen molar-refractivity contribution in [3.8, 4) is 0 Å². The van der Waals surface area contributed by atoms with E-state index in [2.05, 4.69) is 10.4 Å². The van der Waals surface area contributed by atoms with Crippen LogP contribution in [0.3, 0.4) is 0 Å². The lowest BCUT2D eigenvalue weighted by Gasteiger charge is -2.07. The molecule has 1 atom stereocenters. The van der Waals surface area contributed by atoms with Crippen molar-refractivity contribution >= 4 is 5.78 Å². The molecule has 4 heteroatoms. The molecule has 1 aliphatic rings. The predicted octanol–water partition coefficient (Wildman–Crippen LogP) is 0.620. The average molecular weight is 179 g/mol. The summed E-state index contributed by atoms with van der Waals surface area (Å²) in [7, 11) is 0. The molecule has 0 radical (unpaired) electrons. The first kappa shape index (κ1) is 8.44. The molecule has 2 heterocycles. The van der Waals surface area contributed by atoms with E-state index in [-0.39, 0.29) is 5.78 Å². The fourth-order valence-corrected chi connectivity index (χ4v) is 1.58. The van der Waals surface area contributed by atoms with Crippen molar-refractivity contribution in [2.24, 2.45) is 0 Å². The van der Waals surface area contributed by atoms with Crippen LogP contribution in [0.2, 0.25) is 0 Å². The summed E-state index contributed by atoms with van der Waals surface area (Å²) in [5.74, 6) is 0.0807. The Bertz CT molecular complexity index is 312. The summed E-state index contributed by atoms with van der Waals surface area (Å²) in [5.41, 5.74) is 0.701. The van der Waals surface area contributed by atoms with Gasteiger partial charge in [0.1, 0.15) is 0 Å². The number of carbonyl (C=O) groups is 1. The van der Waals surface area contributed by atoms with E-state index in [9.17, 15) is 4.79 Å². The molecule has 1 aliphatic heterocycles. The smallest absolute Gasteiger partial charge is 0.162 e. The summed E-state index contributed by atoms with van der Waals surface area (Å²) in [6.07, 6.45) is 4.57. The number of Topliss-reactive ketones (excluding diaryl/α,β-unsaturated/α-hetero) is 1. The molecule has 13 heavy (non-hydrogen) atoms. The number of nitrogens with one attached hydrogen (secondary N) is 1. The SMILES string of the molecule is CC(=O)c1cnn(C2CCNC2)c1. The monoisotopic (exact) mass is 179 g/mol. The van der Waals surface area contributed by atoms with Gasteiger partial charge < -0.3 is 5.32 Å². The zero-order chi connectivity index (χ0) is 9.26. The maximum Gasteiger partial charge on any atom is 0.162 e. The highest BCUT2D eigenvalue weighted by Crippen LogP contribution is 2.14. The average Bonchev–Trinajstić information content (AvgIpc) is 2.75. The van der Waals surface area contributed by atoms with Gasteiger partial charge in [-0.25, -0.2) is 0 Å². The van der Waals surface area contributed by atoms with Crippen LogP contribution in [-0.4, -0.2) is 28.7 Å². The summed E-state index contributed by atoms with van der Waals surface area (Å²) in [5, 5.41) is 7.44. The van der Waals surface area contributed by atoms with Gasteiger partial charge in [0.25, 0.3) is 0 Å². The molecule has 1 saturated heterocycles. The maximum absolute atomic E-state index is 11.0. The molecule has 0 aliphatic carbocycles. The van der Waals surface area contributed by atoms with Gasteiger partial charge in [-0.05, 0) is 19.9 Å². The van der Waals surface area contributed by atoms with Crippen molar-refractivity contribution in [3.63, 3.8) is 0 Å². The van der Waals surface area contributed by atoms with Crippen LogP contribution in [-0.2, 0) is 0 Å². The Morgan fingerprint density at radius 1 is 1.77 bits per heavy atom. The number of carbonyl (C=O) groups excluding carboxylic acids is 1. The van der Waals surface area contributed by atoms with E-state index in [1.165, 1.54) is 0 Å². The van der Waals surface area contributed by atoms with Crippen LogP contribution in [0.1, 0.15) is 29.7 Å². The van der Waals surface area contributed by atoms with Crippen molar-refractivity contribution in [3.05, 3.63) is 18.0 Å². The van der Waals surface area contributed by atoms with E-state index in [1.807, 2.05) is 10.9 Å². The minimum atomic E-state index is 0.0807. The molecule has 1 aromatic heterocycles. The Morgan fingerprint density at radius 3 is 3.15 bits per heavy atom. The third kappa shape index (κ3) is 1.62. The summed E-state index contributed by atoms with van der Waals surface area (Å²) >= 11 is 0. The topological polar surface area (TPSA) is 46.9 Å². The number of ketones is 1. The Kier molecular flexibility index (Phi) is 2.14.